The summed E-state index contributed by atoms with van der Waals surface area (Å²) in [6.45, 7) is 4.00. The molecular weight excluding hydrogens is 438 g/mol. The first-order valence-corrected chi connectivity index (χ1v) is 12.7. The lowest BCUT2D eigenvalue weighted by Crippen LogP contribution is -2.47. The minimum absolute atomic E-state index is 0.131. The molecule has 0 spiro atoms. The van der Waals surface area contributed by atoms with Gasteiger partial charge >= 0.3 is 0 Å². The van der Waals surface area contributed by atoms with Gasteiger partial charge < -0.3 is 10.2 Å². The molecule has 1 saturated carbocycles. The van der Waals surface area contributed by atoms with Crippen LogP contribution in [-0.4, -0.2) is 50.1 Å². The fraction of sp³-hybridized carbons (Fsp3) is 0.407. The SMILES string of the molecule is O=c1cc(-c2cn(Cc3ccc(N4CCC[C@@H](NCC5CCC5)C4)cc3)nn2)nc2ccccn12. The minimum atomic E-state index is -0.131. The summed E-state index contributed by atoms with van der Waals surface area (Å²) in [7, 11) is 0. The molecule has 8 heteroatoms. The summed E-state index contributed by atoms with van der Waals surface area (Å²) in [5, 5.41) is 12.3. The van der Waals surface area contributed by atoms with E-state index in [0.29, 0.717) is 29.6 Å². The van der Waals surface area contributed by atoms with Gasteiger partial charge in [0.2, 0.25) is 0 Å². The zero-order valence-electron chi connectivity index (χ0n) is 19.9. The van der Waals surface area contributed by atoms with Gasteiger partial charge in [0.1, 0.15) is 17.0 Å². The Bertz CT molecular complexity index is 1360. The molecule has 8 nitrogen and oxygen atoms in total. The number of benzene rings is 1. The Morgan fingerprint density at radius 2 is 1.89 bits per heavy atom. The van der Waals surface area contributed by atoms with Gasteiger partial charge in [-0.2, -0.15) is 0 Å². The van der Waals surface area contributed by atoms with E-state index < -0.39 is 0 Å². The highest BCUT2D eigenvalue weighted by Crippen LogP contribution is 2.26. The monoisotopic (exact) mass is 469 g/mol. The van der Waals surface area contributed by atoms with Crippen LogP contribution in [0.5, 0.6) is 0 Å². The second-order valence-corrected chi connectivity index (χ2v) is 9.87. The summed E-state index contributed by atoms with van der Waals surface area (Å²) >= 11 is 0. The first-order valence-electron chi connectivity index (χ1n) is 12.7. The molecule has 0 amide bonds. The van der Waals surface area contributed by atoms with Gasteiger partial charge in [-0.1, -0.05) is 29.8 Å². The van der Waals surface area contributed by atoms with Crippen molar-refractivity contribution in [2.24, 2.45) is 5.92 Å². The van der Waals surface area contributed by atoms with E-state index in [1.165, 1.54) is 54.8 Å². The average Bonchev–Trinajstić information content (AvgIpc) is 3.32. The van der Waals surface area contributed by atoms with E-state index in [1.807, 2.05) is 24.4 Å². The second kappa shape index (κ2) is 9.62. The van der Waals surface area contributed by atoms with Crippen molar-refractivity contribution < 1.29 is 0 Å². The zero-order valence-corrected chi connectivity index (χ0v) is 19.9. The molecule has 2 fully saturated rings. The highest BCUT2D eigenvalue weighted by Gasteiger charge is 2.23. The molecule has 1 aliphatic carbocycles. The van der Waals surface area contributed by atoms with E-state index >= 15 is 0 Å². The summed E-state index contributed by atoms with van der Waals surface area (Å²) in [6, 6.07) is 16.4. The largest absolute Gasteiger partial charge is 0.370 e. The van der Waals surface area contributed by atoms with Gasteiger partial charge in [-0.25, -0.2) is 9.67 Å². The van der Waals surface area contributed by atoms with E-state index in [9.17, 15) is 4.79 Å². The lowest BCUT2D eigenvalue weighted by atomic mass is 9.85. The number of anilines is 1. The van der Waals surface area contributed by atoms with Crippen LogP contribution in [0.1, 0.15) is 37.7 Å². The Balaban J connectivity index is 1.10. The Morgan fingerprint density at radius 3 is 2.71 bits per heavy atom. The molecule has 35 heavy (non-hydrogen) atoms. The van der Waals surface area contributed by atoms with Crippen molar-refractivity contribution in [2.45, 2.75) is 44.7 Å². The first kappa shape index (κ1) is 22.0. The second-order valence-electron chi connectivity index (χ2n) is 9.87. The van der Waals surface area contributed by atoms with E-state index in [4.69, 9.17) is 0 Å². The quantitative estimate of drug-likeness (QED) is 0.447. The summed E-state index contributed by atoms with van der Waals surface area (Å²) in [5.41, 5.74) is 4.04. The van der Waals surface area contributed by atoms with Crippen LogP contribution in [0.2, 0.25) is 0 Å². The number of hydrogen-bond donors (Lipinski definition) is 1. The number of aromatic nitrogens is 5. The van der Waals surface area contributed by atoms with Crippen LogP contribution < -0.4 is 15.8 Å². The molecule has 4 heterocycles. The topological polar surface area (TPSA) is 80.3 Å². The van der Waals surface area contributed by atoms with Crippen LogP contribution in [0.25, 0.3) is 17.0 Å². The minimum Gasteiger partial charge on any atom is -0.370 e. The number of piperidine rings is 1. The van der Waals surface area contributed by atoms with Gasteiger partial charge in [-0.05, 0) is 68.0 Å². The molecule has 1 aliphatic heterocycles. The van der Waals surface area contributed by atoms with Crippen LogP contribution in [0.3, 0.4) is 0 Å². The smallest absolute Gasteiger partial charge is 0.258 e. The fourth-order valence-corrected chi connectivity index (χ4v) is 5.09. The molecule has 1 N–H and O–H groups in total. The first-order chi connectivity index (χ1) is 17.2. The maximum absolute atomic E-state index is 12.4. The van der Waals surface area contributed by atoms with Crippen LogP contribution in [0.4, 0.5) is 5.69 Å². The van der Waals surface area contributed by atoms with Crippen LogP contribution in [0, 0.1) is 5.92 Å². The Labute approximate surface area is 204 Å². The Hall–Kier alpha value is -3.52. The van der Waals surface area contributed by atoms with Crippen molar-refractivity contribution in [2.75, 3.05) is 24.5 Å². The maximum Gasteiger partial charge on any atom is 0.258 e. The highest BCUT2D eigenvalue weighted by atomic mass is 16.1. The van der Waals surface area contributed by atoms with Crippen molar-refractivity contribution in [3.8, 4) is 11.4 Å². The molecule has 3 aromatic heterocycles. The Kier molecular flexibility index (Phi) is 6.04. The zero-order chi connectivity index (χ0) is 23.6. The lowest BCUT2D eigenvalue weighted by Gasteiger charge is -2.36. The van der Waals surface area contributed by atoms with Crippen molar-refractivity contribution >= 4 is 11.3 Å². The summed E-state index contributed by atoms with van der Waals surface area (Å²) in [5.74, 6) is 0.903. The maximum atomic E-state index is 12.4. The Morgan fingerprint density at radius 1 is 1.00 bits per heavy atom. The number of rotatable bonds is 7. The van der Waals surface area contributed by atoms with Gasteiger partial charge in [-0.15, -0.1) is 5.10 Å². The predicted molar refractivity (Wildman–Crippen MR) is 137 cm³/mol. The highest BCUT2D eigenvalue weighted by molar-refractivity contribution is 5.56. The number of hydrogen-bond acceptors (Lipinski definition) is 6. The average molecular weight is 470 g/mol. The normalized spacial score (nSPS) is 18.6. The van der Waals surface area contributed by atoms with Gasteiger partial charge in [0.05, 0.1) is 12.7 Å². The summed E-state index contributed by atoms with van der Waals surface area (Å²) in [4.78, 5) is 19.5. The predicted octanol–water partition coefficient (Wildman–Crippen LogP) is 3.36. The number of pyridine rings is 1. The molecule has 180 valence electrons. The van der Waals surface area contributed by atoms with Crippen LogP contribution >= 0.6 is 0 Å². The van der Waals surface area contributed by atoms with Gasteiger partial charge in [-0.3, -0.25) is 9.20 Å². The molecule has 0 radical (unpaired) electrons. The molecule has 4 aromatic rings. The molecular formula is C27H31N7O. The molecule has 6 rings (SSSR count). The van der Waals surface area contributed by atoms with E-state index in [1.54, 1.807) is 10.9 Å². The van der Waals surface area contributed by atoms with Crippen molar-refractivity contribution in [3.63, 3.8) is 0 Å². The van der Waals surface area contributed by atoms with Crippen LogP contribution in [-0.2, 0) is 6.54 Å². The summed E-state index contributed by atoms with van der Waals surface area (Å²) in [6.07, 6.45) is 10.3. The van der Waals surface area contributed by atoms with Crippen molar-refractivity contribution in [3.05, 3.63) is 76.8 Å². The number of nitrogens with one attached hydrogen (secondary N) is 1. The molecule has 0 bridgehead atoms. The molecule has 1 saturated heterocycles. The van der Waals surface area contributed by atoms with Gasteiger partial charge in [0.25, 0.3) is 5.56 Å². The molecule has 0 unspecified atom stereocenters. The van der Waals surface area contributed by atoms with E-state index in [0.717, 1.165) is 24.6 Å². The molecule has 2 aliphatic rings. The molecule has 1 atom stereocenters. The van der Waals surface area contributed by atoms with Gasteiger partial charge in [0, 0.05) is 37.1 Å². The van der Waals surface area contributed by atoms with E-state index in [2.05, 4.69) is 49.8 Å². The van der Waals surface area contributed by atoms with Crippen LogP contribution in [0.15, 0.2) is 65.7 Å². The van der Waals surface area contributed by atoms with Gasteiger partial charge in [0.15, 0.2) is 0 Å². The van der Waals surface area contributed by atoms with Crippen molar-refractivity contribution in [1.29, 1.82) is 0 Å². The molecule has 1 aromatic carbocycles. The fourth-order valence-electron chi connectivity index (χ4n) is 5.09. The summed E-state index contributed by atoms with van der Waals surface area (Å²) < 4.78 is 3.31. The lowest BCUT2D eigenvalue weighted by molar-refractivity contribution is 0.280. The third kappa shape index (κ3) is 4.84. The standard InChI is InChI=1S/C27H31N7O/c35-27-15-24(29-26-8-1-2-14-34(26)27)25-19-33(31-30-25)17-21-9-11-23(12-10-21)32-13-4-7-22(18-32)28-16-20-5-3-6-20/h1-2,8-12,14-15,19-20,22,28H,3-7,13,16-18H2/t22-/m1/s1. The third-order valence-electron chi connectivity index (χ3n) is 7.36. The third-order valence-corrected chi connectivity index (χ3v) is 7.36. The van der Waals surface area contributed by atoms with Crippen molar-refractivity contribution in [1.82, 2.24) is 29.7 Å². The number of nitrogens with zero attached hydrogens (tertiary/aromatic N) is 6. The van der Waals surface area contributed by atoms with E-state index in [-0.39, 0.29) is 5.56 Å². The number of fused-ring (bicyclic) bond motifs is 1.